The second-order valence-corrected chi connectivity index (χ2v) is 6.12. The van der Waals surface area contributed by atoms with Gasteiger partial charge in [-0.2, -0.15) is 5.10 Å². The summed E-state index contributed by atoms with van der Waals surface area (Å²) in [6, 6.07) is 6.41. The van der Waals surface area contributed by atoms with Crippen LogP contribution in [0.2, 0.25) is 0 Å². The van der Waals surface area contributed by atoms with Gasteiger partial charge in [-0.3, -0.25) is 14.3 Å². The van der Waals surface area contributed by atoms with Crippen molar-refractivity contribution in [1.82, 2.24) is 20.4 Å². The van der Waals surface area contributed by atoms with E-state index in [2.05, 4.69) is 15.7 Å². The molecule has 1 heterocycles. The predicted molar refractivity (Wildman–Crippen MR) is 92.3 cm³/mol. The van der Waals surface area contributed by atoms with Crippen molar-refractivity contribution in [3.63, 3.8) is 0 Å². The highest BCUT2D eigenvalue weighted by molar-refractivity contribution is 5.97. The number of carbonyl (C=O) groups excluding carboxylic acids is 2. The molecule has 0 saturated heterocycles. The van der Waals surface area contributed by atoms with E-state index in [1.807, 2.05) is 26.1 Å². The summed E-state index contributed by atoms with van der Waals surface area (Å²) in [5, 5.41) is 9.65. The summed E-state index contributed by atoms with van der Waals surface area (Å²) in [5.74, 6) is -1.11. The molecule has 0 aliphatic heterocycles. The summed E-state index contributed by atoms with van der Waals surface area (Å²) in [5.41, 5.74) is 0.318. The van der Waals surface area contributed by atoms with E-state index in [-0.39, 0.29) is 11.8 Å². The van der Waals surface area contributed by atoms with Crippen molar-refractivity contribution in [2.24, 2.45) is 5.92 Å². The van der Waals surface area contributed by atoms with Gasteiger partial charge in [0.25, 0.3) is 5.91 Å². The predicted octanol–water partition coefficient (Wildman–Crippen LogP) is 1.98. The van der Waals surface area contributed by atoms with Gasteiger partial charge >= 0.3 is 0 Å². The Morgan fingerprint density at radius 3 is 2.56 bits per heavy atom. The molecule has 0 radical (unpaired) electrons. The van der Waals surface area contributed by atoms with Crippen LogP contribution in [0.15, 0.2) is 42.7 Å². The van der Waals surface area contributed by atoms with Crippen LogP contribution < -0.4 is 10.6 Å². The molecule has 7 heteroatoms. The Kier molecular flexibility index (Phi) is 6.68. The van der Waals surface area contributed by atoms with Crippen LogP contribution in [0.3, 0.4) is 0 Å². The molecule has 2 rings (SSSR count). The molecule has 0 bridgehead atoms. The SMILES string of the molecule is CC(C)[C@@H](NC(=O)c1ccc(F)cc1)C(=O)NCCCn1cccn1. The number of rotatable bonds is 8. The summed E-state index contributed by atoms with van der Waals surface area (Å²) in [7, 11) is 0. The number of amides is 2. The Bertz CT molecular complexity index is 684. The Labute approximate surface area is 146 Å². The van der Waals surface area contributed by atoms with Crippen molar-refractivity contribution < 1.29 is 14.0 Å². The monoisotopic (exact) mass is 346 g/mol. The van der Waals surface area contributed by atoms with Crippen LogP contribution in [0.1, 0.15) is 30.6 Å². The molecule has 1 aromatic heterocycles. The number of aryl methyl sites for hydroxylation is 1. The average molecular weight is 346 g/mol. The fraction of sp³-hybridized carbons (Fsp3) is 0.389. The smallest absolute Gasteiger partial charge is 0.251 e. The van der Waals surface area contributed by atoms with Crippen LogP contribution in [0.25, 0.3) is 0 Å². The largest absolute Gasteiger partial charge is 0.354 e. The van der Waals surface area contributed by atoms with Crippen molar-refractivity contribution in [2.45, 2.75) is 32.9 Å². The van der Waals surface area contributed by atoms with Crippen LogP contribution in [0, 0.1) is 11.7 Å². The van der Waals surface area contributed by atoms with Gasteiger partial charge in [0, 0.05) is 31.0 Å². The third kappa shape index (κ3) is 5.70. The molecule has 2 aromatic rings. The van der Waals surface area contributed by atoms with Gasteiger partial charge in [0.1, 0.15) is 11.9 Å². The molecule has 0 spiro atoms. The normalized spacial score (nSPS) is 12.0. The zero-order valence-corrected chi connectivity index (χ0v) is 14.4. The summed E-state index contributed by atoms with van der Waals surface area (Å²) in [6.07, 6.45) is 4.31. The van der Waals surface area contributed by atoms with Gasteiger partial charge in [-0.15, -0.1) is 0 Å². The van der Waals surface area contributed by atoms with E-state index in [1.165, 1.54) is 24.3 Å². The van der Waals surface area contributed by atoms with Gasteiger partial charge in [0.15, 0.2) is 0 Å². The van der Waals surface area contributed by atoms with E-state index in [0.29, 0.717) is 18.7 Å². The van der Waals surface area contributed by atoms with Crippen molar-refractivity contribution in [2.75, 3.05) is 6.54 Å². The number of halogens is 1. The molecule has 2 N–H and O–H groups in total. The number of nitrogens with zero attached hydrogens (tertiary/aromatic N) is 2. The molecule has 1 atom stereocenters. The Balaban J connectivity index is 1.84. The first-order valence-corrected chi connectivity index (χ1v) is 8.29. The maximum absolute atomic E-state index is 12.9. The van der Waals surface area contributed by atoms with Gasteiger partial charge in [-0.25, -0.2) is 4.39 Å². The van der Waals surface area contributed by atoms with E-state index < -0.39 is 17.8 Å². The fourth-order valence-electron chi connectivity index (χ4n) is 2.36. The summed E-state index contributed by atoms with van der Waals surface area (Å²) in [6.45, 7) is 4.92. The molecular weight excluding hydrogens is 323 g/mol. The number of benzene rings is 1. The first-order valence-electron chi connectivity index (χ1n) is 8.29. The number of nitrogens with one attached hydrogen (secondary N) is 2. The van der Waals surface area contributed by atoms with E-state index >= 15 is 0 Å². The topological polar surface area (TPSA) is 76.0 Å². The number of carbonyl (C=O) groups is 2. The summed E-state index contributed by atoms with van der Waals surface area (Å²) in [4.78, 5) is 24.6. The van der Waals surface area contributed by atoms with Crippen molar-refractivity contribution in [3.8, 4) is 0 Å². The summed E-state index contributed by atoms with van der Waals surface area (Å²) < 4.78 is 14.7. The molecule has 1 aromatic carbocycles. The first kappa shape index (κ1) is 18.6. The maximum Gasteiger partial charge on any atom is 0.251 e. The van der Waals surface area contributed by atoms with Gasteiger partial charge in [-0.05, 0) is 42.7 Å². The third-order valence-corrected chi connectivity index (χ3v) is 3.76. The molecule has 0 aliphatic rings. The van der Waals surface area contributed by atoms with Gasteiger partial charge < -0.3 is 10.6 Å². The second-order valence-electron chi connectivity index (χ2n) is 6.12. The quantitative estimate of drug-likeness (QED) is 0.718. The highest BCUT2D eigenvalue weighted by Gasteiger charge is 2.24. The molecular formula is C18H23FN4O2. The fourth-order valence-corrected chi connectivity index (χ4v) is 2.36. The van der Waals surface area contributed by atoms with Gasteiger partial charge in [0.05, 0.1) is 0 Å². The van der Waals surface area contributed by atoms with E-state index in [0.717, 1.165) is 6.42 Å². The van der Waals surface area contributed by atoms with Crippen LogP contribution in [0.4, 0.5) is 4.39 Å². The lowest BCUT2D eigenvalue weighted by molar-refractivity contribution is -0.123. The lowest BCUT2D eigenvalue weighted by atomic mass is 10.0. The molecule has 0 saturated carbocycles. The number of aromatic nitrogens is 2. The molecule has 2 amide bonds. The van der Waals surface area contributed by atoms with Gasteiger partial charge in [0.2, 0.25) is 5.91 Å². The van der Waals surface area contributed by atoms with Crippen LogP contribution >= 0.6 is 0 Å². The highest BCUT2D eigenvalue weighted by Crippen LogP contribution is 2.07. The van der Waals surface area contributed by atoms with Crippen molar-refractivity contribution in [3.05, 3.63) is 54.1 Å². The standard InChI is InChI=1S/C18H23FN4O2/c1-13(2)16(22-17(24)14-5-7-15(19)8-6-14)18(25)20-9-3-11-23-12-4-10-21-23/h4-8,10,12-13,16H,3,9,11H2,1-2H3,(H,20,25)(H,22,24)/t16-/m1/s1. The second kappa shape index (κ2) is 8.96. The zero-order chi connectivity index (χ0) is 18.2. The molecule has 6 nitrogen and oxygen atoms in total. The van der Waals surface area contributed by atoms with E-state index in [4.69, 9.17) is 0 Å². The first-order chi connectivity index (χ1) is 12.0. The van der Waals surface area contributed by atoms with Crippen molar-refractivity contribution in [1.29, 1.82) is 0 Å². The Morgan fingerprint density at radius 1 is 1.24 bits per heavy atom. The van der Waals surface area contributed by atoms with Crippen LogP contribution in [-0.2, 0) is 11.3 Å². The molecule has 0 fully saturated rings. The third-order valence-electron chi connectivity index (χ3n) is 3.76. The van der Waals surface area contributed by atoms with Crippen molar-refractivity contribution >= 4 is 11.8 Å². The zero-order valence-electron chi connectivity index (χ0n) is 14.4. The molecule has 25 heavy (non-hydrogen) atoms. The van der Waals surface area contributed by atoms with E-state index in [1.54, 1.807) is 10.9 Å². The van der Waals surface area contributed by atoms with E-state index in [9.17, 15) is 14.0 Å². The summed E-state index contributed by atoms with van der Waals surface area (Å²) >= 11 is 0. The maximum atomic E-state index is 12.9. The minimum absolute atomic E-state index is 0.0736. The lowest BCUT2D eigenvalue weighted by Gasteiger charge is -2.21. The molecule has 0 unspecified atom stereocenters. The highest BCUT2D eigenvalue weighted by atomic mass is 19.1. The molecule has 0 aliphatic carbocycles. The number of hydrogen-bond acceptors (Lipinski definition) is 3. The Morgan fingerprint density at radius 2 is 1.96 bits per heavy atom. The number of hydrogen-bond donors (Lipinski definition) is 2. The van der Waals surface area contributed by atoms with Gasteiger partial charge in [-0.1, -0.05) is 13.8 Å². The van der Waals surface area contributed by atoms with Crippen LogP contribution in [0.5, 0.6) is 0 Å². The Hall–Kier alpha value is -2.70. The molecule has 134 valence electrons. The minimum Gasteiger partial charge on any atom is -0.354 e. The van der Waals surface area contributed by atoms with Crippen LogP contribution in [-0.4, -0.2) is 34.2 Å². The minimum atomic E-state index is -0.651. The average Bonchev–Trinajstić information content (AvgIpc) is 3.10. The lowest BCUT2D eigenvalue weighted by Crippen LogP contribution is -2.49.